The molecule has 0 spiro atoms. The van der Waals surface area contributed by atoms with Crippen LogP contribution in [0.4, 0.5) is 26.3 Å². The van der Waals surface area contributed by atoms with Crippen molar-refractivity contribution in [1.29, 1.82) is 0 Å². The van der Waals surface area contributed by atoms with E-state index in [4.69, 9.17) is 0 Å². The predicted molar refractivity (Wildman–Crippen MR) is 119 cm³/mol. The van der Waals surface area contributed by atoms with Crippen molar-refractivity contribution in [3.05, 3.63) is 112 Å². The first-order valence-electron chi connectivity index (χ1n) is 10.9. The van der Waals surface area contributed by atoms with Crippen LogP contribution in [0.2, 0.25) is 0 Å². The molecular formula is C27H23F6N. The molecule has 0 radical (unpaired) electrons. The molecule has 178 valence electrons. The van der Waals surface area contributed by atoms with Crippen LogP contribution in [0.25, 0.3) is 5.57 Å². The zero-order valence-electron chi connectivity index (χ0n) is 18.3. The molecule has 1 nitrogen and oxygen atoms in total. The summed E-state index contributed by atoms with van der Waals surface area (Å²) in [4.78, 5) is 1.95. The van der Waals surface area contributed by atoms with Crippen molar-refractivity contribution in [3.63, 3.8) is 0 Å². The molecule has 0 saturated heterocycles. The van der Waals surface area contributed by atoms with Gasteiger partial charge in [0, 0.05) is 19.3 Å². The van der Waals surface area contributed by atoms with Gasteiger partial charge in [-0.15, -0.1) is 0 Å². The summed E-state index contributed by atoms with van der Waals surface area (Å²) in [7, 11) is 0. The maximum Gasteiger partial charge on any atom is 0.416 e. The number of halogens is 6. The highest BCUT2D eigenvalue weighted by Crippen LogP contribution is 2.33. The Morgan fingerprint density at radius 3 is 1.65 bits per heavy atom. The molecule has 0 unspecified atom stereocenters. The molecule has 0 aromatic heterocycles. The number of allylic oxidation sites excluding steroid dienone is 1. The summed E-state index contributed by atoms with van der Waals surface area (Å²) in [6, 6.07) is 18.1. The molecule has 7 heteroatoms. The standard InChI is InChI=1S/C27H23F6N/c28-26(29,30)23-12-8-19(9-13-23)16-34(17-20-10-14-24(15-11-20)27(31,32)33)18-22-6-3-5-21-4-1-2-7-25(21)22/h1-2,4,7-15,18H,3,5-6,16-17H2/b22-18+. The zero-order chi connectivity index (χ0) is 24.3. The van der Waals surface area contributed by atoms with Crippen LogP contribution in [0, 0.1) is 0 Å². The van der Waals surface area contributed by atoms with Crippen LogP contribution in [0.15, 0.2) is 79.0 Å². The fourth-order valence-corrected chi connectivity index (χ4v) is 4.22. The van der Waals surface area contributed by atoms with Crippen molar-refractivity contribution in [2.75, 3.05) is 0 Å². The molecule has 1 aliphatic rings. The van der Waals surface area contributed by atoms with E-state index in [0.717, 1.165) is 54.7 Å². The normalized spacial score (nSPS) is 15.3. The molecule has 0 atom stereocenters. The minimum Gasteiger partial charge on any atom is -0.369 e. The quantitative estimate of drug-likeness (QED) is 0.337. The third kappa shape index (κ3) is 5.82. The van der Waals surface area contributed by atoms with Crippen molar-refractivity contribution in [2.45, 2.75) is 44.7 Å². The lowest BCUT2D eigenvalue weighted by Gasteiger charge is -2.26. The van der Waals surface area contributed by atoms with E-state index in [1.54, 1.807) is 0 Å². The first-order valence-corrected chi connectivity index (χ1v) is 10.9. The second kappa shape index (κ2) is 9.57. The molecular weight excluding hydrogens is 452 g/mol. The topological polar surface area (TPSA) is 3.24 Å². The Morgan fingerprint density at radius 1 is 0.647 bits per heavy atom. The lowest BCUT2D eigenvalue weighted by Crippen LogP contribution is -2.18. The van der Waals surface area contributed by atoms with Gasteiger partial charge < -0.3 is 4.90 Å². The van der Waals surface area contributed by atoms with Crippen molar-refractivity contribution in [3.8, 4) is 0 Å². The number of hydrogen-bond donors (Lipinski definition) is 0. The summed E-state index contributed by atoms with van der Waals surface area (Å²) in [6.45, 7) is 0.648. The summed E-state index contributed by atoms with van der Waals surface area (Å²) < 4.78 is 77.6. The van der Waals surface area contributed by atoms with Gasteiger partial charge in [0.25, 0.3) is 0 Å². The third-order valence-electron chi connectivity index (χ3n) is 5.93. The number of alkyl halides is 6. The average Bonchev–Trinajstić information content (AvgIpc) is 2.79. The Kier molecular flexibility index (Phi) is 6.73. The molecule has 0 saturated carbocycles. The predicted octanol–water partition coefficient (Wildman–Crippen LogP) is 8.10. The van der Waals surface area contributed by atoms with Crippen LogP contribution >= 0.6 is 0 Å². The maximum absolute atomic E-state index is 12.9. The van der Waals surface area contributed by atoms with Gasteiger partial charge in [-0.2, -0.15) is 26.3 Å². The molecule has 3 aromatic carbocycles. The van der Waals surface area contributed by atoms with Crippen molar-refractivity contribution in [1.82, 2.24) is 4.90 Å². The number of benzene rings is 3. The molecule has 0 bridgehead atoms. The van der Waals surface area contributed by atoms with Crippen molar-refractivity contribution >= 4 is 5.57 Å². The van der Waals surface area contributed by atoms with Gasteiger partial charge >= 0.3 is 12.4 Å². The van der Waals surface area contributed by atoms with E-state index < -0.39 is 23.5 Å². The van der Waals surface area contributed by atoms with Crippen LogP contribution < -0.4 is 0 Å². The van der Waals surface area contributed by atoms with E-state index in [9.17, 15) is 26.3 Å². The molecule has 0 aliphatic heterocycles. The monoisotopic (exact) mass is 475 g/mol. The highest BCUT2D eigenvalue weighted by Gasteiger charge is 2.31. The summed E-state index contributed by atoms with van der Waals surface area (Å²) in [6.07, 6.45) is -4.01. The molecule has 0 heterocycles. The summed E-state index contributed by atoms with van der Waals surface area (Å²) in [5.41, 5.74) is 3.42. The zero-order valence-corrected chi connectivity index (χ0v) is 18.3. The van der Waals surface area contributed by atoms with E-state index in [1.807, 2.05) is 23.2 Å². The summed E-state index contributed by atoms with van der Waals surface area (Å²) in [5.74, 6) is 0. The summed E-state index contributed by atoms with van der Waals surface area (Å²) in [5, 5.41) is 0. The maximum atomic E-state index is 12.9. The van der Waals surface area contributed by atoms with Crippen LogP contribution in [-0.2, 0) is 31.9 Å². The van der Waals surface area contributed by atoms with Gasteiger partial charge in [-0.25, -0.2) is 0 Å². The van der Waals surface area contributed by atoms with Gasteiger partial charge in [0.2, 0.25) is 0 Å². The largest absolute Gasteiger partial charge is 0.416 e. The van der Waals surface area contributed by atoms with Crippen LogP contribution in [0.1, 0.15) is 46.2 Å². The van der Waals surface area contributed by atoms with Gasteiger partial charge in [0.15, 0.2) is 0 Å². The number of rotatable bonds is 5. The third-order valence-corrected chi connectivity index (χ3v) is 5.93. The van der Waals surface area contributed by atoms with Crippen LogP contribution in [0.5, 0.6) is 0 Å². The second-order valence-electron chi connectivity index (χ2n) is 8.46. The number of hydrogen-bond acceptors (Lipinski definition) is 1. The Balaban J connectivity index is 1.63. The lowest BCUT2D eigenvalue weighted by atomic mass is 9.88. The van der Waals surface area contributed by atoms with E-state index >= 15 is 0 Å². The minimum absolute atomic E-state index is 0.324. The number of nitrogens with zero attached hydrogens (tertiary/aromatic N) is 1. The lowest BCUT2D eigenvalue weighted by molar-refractivity contribution is -0.138. The van der Waals surface area contributed by atoms with Gasteiger partial charge in [-0.3, -0.25) is 0 Å². The van der Waals surface area contributed by atoms with Gasteiger partial charge in [-0.05, 0) is 71.4 Å². The average molecular weight is 475 g/mol. The Morgan fingerprint density at radius 2 is 1.15 bits per heavy atom. The Bertz CT molecular complexity index is 1080. The van der Waals surface area contributed by atoms with Crippen LogP contribution in [0.3, 0.4) is 0 Å². The van der Waals surface area contributed by atoms with Crippen molar-refractivity contribution in [2.24, 2.45) is 0 Å². The van der Waals surface area contributed by atoms with Gasteiger partial charge in [-0.1, -0.05) is 48.5 Å². The van der Waals surface area contributed by atoms with E-state index in [2.05, 4.69) is 12.1 Å². The first kappa shape index (κ1) is 23.9. The fraction of sp³-hybridized carbons (Fsp3) is 0.259. The van der Waals surface area contributed by atoms with Crippen molar-refractivity contribution < 1.29 is 26.3 Å². The number of fused-ring (bicyclic) bond motifs is 1. The van der Waals surface area contributed by atoms with E-state index in [0.29, 0.717) is 24.2 Å². The fourth-order valence-electron chi connectivity index (χ4n) is 4.22. The molecule has 34 heavy (non-hydrogen) atoms. The Labute approximate surface area is 194 Å². The Hall–Kier alpha value is -3.22. The van der Waals surface area contributed by atoms with Gasteiger partial charge in [0.1, 0.15) is 0 Å². The van der Waals surface area contributed by atoms with E-state index in [1.165, 1.54) is 29.8 Å². The highest BCUT2D eigenvalue weighted by atomic mass is 19.4. The highest BCUT2D eigenvalue weighted by molar-refractivity contribution is 5.69. The first-order chi connectivity index (χ1) is 16.1. The van der Waals surface area contributed by atoms with Crippen LogP contribution in [-0.4, -0.2) is 4.90 Å². The minimum atomic E-state index is -4.41. The van der Waals surface area contributed by atoms with E-state index in [-0.39, 0.29) is 0 Å². The molecule has 4 rings (SSSR count). The molecule has 3 aromatic rings. The smallest absolute Gasteiger partial charge is 0.369 e. The summed E-state index contributed by atoms with van der Waals surface area (Å²) >= 11 is 0. The molecule has 0 N–H and O–H groups in total. The molecule has 1 aliphatic carbocycles. The number of aryl methyl sites for hydroxylation is 1. The van der Waals surface area contributed by atoms with Gasteiger partial charge in [0.05, 0.1) is 11.1 Å². The molecule has 0 fully saturated rings. The molecule has 0 amide bonds. The SMILES string of the molecule is FC(F)(F)c1ccc(CN(/C=C2\CCCc3ccccc32)Cc2ccc(C(F)(F)F)cc2)cc1. The second-order valence-corrected chi connectivity index (χ2v) is 8.46.